The Balaban J connectivity index is 0.00000112. The van der Waals surface area contributed by atoms with E-state index in [1.54, 1.807) is 0 Å². The Morgan fingerprint density at radius 1 is 1.13 bits per heavy atom. The molecule has 2 rings (SSSR count). The van der Waals surface area contributed by atoms with Gasteiger partial charge in [-0.05, 0) is 32.4 Å². The van der Waals surface area contributed by atoms with Crippen molar-refractivity contribution in [2.75, 3.05) is 26.2 Å². The maximum absolute atomic E-state index is 11.7. The van der Waals surface area contributed by atoms with E-state index in [0.29, 0.717) is 6.04 Å². The van der Waals surface area contributed by atoms with Crippen molar-refractivity contribution >= 4 is 18.3 Å². The van der Waals surface area contributed by atoms with E-state index in [4.69, 9.17) is 0 Å². The molecule has 88 valence electrons. The van der Waals surface area contributed by atoms with Gasteiger partial charge in [-0.2, -0.15) is 0 Å². The second-order valence-electron chi connectivity index (χ2n) is 4.24. The van der Waals surface area contributed by atoms with Gasteiger partial charge in [0.05, 0.1) is 5.92 Å². The lowest BCUT2D eigenvalue weighted by Gasteiger charge is -2.25. The van der Waals surface area contributed by atoms with E-state index >= 15 is 0 Å². The molecule has 3 N–H and O–H groups in total. The van der Waals surface area contributed by atoms with Crippen LogP contribution >= 0.6 is 12.4 Å². The summed E-state index contributed by atoms with van der Waals surface area (Å²) in [5.74, 6) is 0.445. The lowest BCUT2D eigenvalue weighted by Crippen LogP contribution is -2.47. The molecule has 0 radical (unpaired) electrons. The van der Waals surface area contributed by atoms with Gasteiger partial charge in [0.2, 0.25) is 5.91 Å². The summed E-state index contributed by atoms with van der Waals surface area (Å²) in [6.45, 7) is 3.87. The summed E-state index contributed by atoms with van der Waals surface area (Å²) in [6.07, 6.45) is 3.29. The van der Waals surface area contributed by atoms with Crippen LogP contribution in [0.15, 0.2) is 0 Å². The van der Waals surface area contributed by atoms with E-state index in [2.05, 4.69) is 16.0 Å². The molecule has 0 aromatic rings. The Morgan fingerprint density at radius 2 is 1.93 bits per heavy atom. The predicted molar refractivity (Wildman–Crippen MR) is 62.3 cm³/mol. The number of amides is 1. The molecule has 2 saturated heterocycles. The van der Waals surface area contributed by atoms with Crippen molar-refractivity contribution in [3.05, 3.63) is 0 Å². The first-order chi connectivity index (χ1) is 6.86. The Hall–Kier alpha value is -0.320. The van der Waals surface area contributed by atoms with Crippen LogP contribution in [0.5, 0.6) is 0 Å². The second-order valence-corrected chi connectivity index (χ2v) is 4.24. The zero-order valence-corrected chi connectivity index (χ0v) is 9.74. The van der Waals surface area contributed by atoms with E-state index in [1.807, 2.05) is 0 Å². The summed E-state index contributed by atoms with van der Waals surface area (Å²) in [4.78, 5) is 11.7. The summed E-state index contributed by atoms with van der Waals surface area (Å²) >= 11 is 0. The summed E-state index contributed by atoms with van der Waals surface area (Å²) < 4.78 is 0. The fourth-order valence-corrected chi connectivity index (χ4v) is 2.17. The summed E-state index contributed by atoms with van der Waals surface area (Å²) in [5.41, 5.74) is 0. The number of carbonyl (C=O) groups is 1. The van der Waals surface area contributed by atoms with Gasteiger partial charge in [0.25, 0.3) is 0 Å². The zero-order valence-electron chi connectivity index (χ0n) is 8.92. The first-order valence-electron chi connectivity index (χ1n) is 5.58. The lowest BCUT2D eigenvalue weighted by atomic mass is 10.0. The third-order valence-electron chi connectivity index (χ3n) is 3.07. The molecule has 0 aromatic carbocycles. The van der Waals surface area contributed by atoms with E-state index in [-0.39, 0.29) is 24.2 Å². The quantitative estimate of drug-likeness (QED) is 0.624. The van der Waals surface area contributed by atoms with Gasteiger partial charge in [0, 0.05) is 19.1 Å². The van der Waals surface area contributed by atoms with Crippen molar-refractivity contribution in [2.45, 2.75) is 25.3 Å². The monoisotopic (exact) mass is 233 g/mol. The molecule has 0 bridgehead atoms. The highest BCUT2D eigenvalue weighted by atomic mass is 35.5. The highest BCUT2D eigenvalue weighted by Gasteiger charge is 2.24. The Labute approximate surface area is 97.0 Å². The molecule has 2 atom stereocenters. The Morgan fingerprint density at radius 3 is 2.53 bits per heavy atom. The van der Waals surface area contributed by atoms with Crippen LogP contribution in [0.1, 0.15) is 19.3 Å². The molecular weight excluding hydrogens is 214 g/mol. The van der Waals surface area contributed by atoms with Crippen LogP contribution in [0.25, 0.3) is 0 Å². The fourth-order valence-electron chi connectivity index (χ4n) is 2.17. The second kappa shape index (κ2) is 6.30. The number of piperidine rings is 1. The Kier molecular flexibility index (Phi) is 5.36. The summed E-state index contributed by atoms with van der Waals surface area (Å²) in [7, 11) is 0. The molecule has 2 aliphatic rings. The van der Waals surface area contributed by atoms with Crippen molar-refractivity contribution in [3.63, 3.8) is 0 Å². The number of carbonyl (C=O) groups excluding carboxylic acids is 1. The van der Waals surface area contributed by atoms with Crippen molar-refractivity contribution in [1.29, 1.82) is 0 Å². The summed E-state index contributed by atoms with van der Waals surface area (Å²) in [5, 5.41) is 9.63. The number of hydrogen-bond acceptors (Lipinski definition) is 3. The lowest BCUT2D eigenvalue weighted by molar-refractivity contribution is -0.125. The predicted octanol–water partition coefficient (Wildman–Crippen LogP) is -0.114. The molecule has 5 heteroatoms. The molecule has 0 saturated carbocycles. The molecule has 4 nitrogen and oxygen atoms in total. The smallest absolute Gasteiger partial charge is 0.224 e. The number of halogens is 1. The molecule has 1 amide bonds. The molecule has 2 fully saturated rings. The third-order valence-corrected chi connectivity index (χ3v) is 3.07. The standard InChI is InChI=1S/C10H19N3O.ClH/c14-10(8-3-5-12-6-8)13-9-2-1-4-11-7-9;/h8-9,11-12H,1-7H2,(H,13,14);1H/t8-,9+;/m0./s1. The van der Waals surface area contributed by atoms with Crippen molar-refractivity contribution in [1.82, 2.24) is 16.0 Å². The molecule has 0 aromatic heterocycles. The first-order valence-corrected chi connectivity index (χ1v) is 5.58. The molecule has 0 spiro atoms. The maximum Gasteiger partial charge on any atom is 0.224 e. The topological polar surface area (TPSA) is 53.2 Å². The number of hydrogen-bond donors (Lipinski definition) is 3. The summed E-state index contributed by atoms with van der Waals surface area (Å²) in [6, 6.07) is 0.358. The molecular formula is C10H20ClN3O. The number of nitrogens with one attached hydrogen (secondary N) is 3. The van der Waals surface area contributed by atoms with Crippen LogP contribution in [0.3, 0.4) is 0 Å². The minimum atomic E-state index is 0. The van der Waals surface area contributed by atoms with E-state index in [0.717, 1.165) is 39.0 Å². The Bertz CT molecular complexity index is 201. The fraction of sp³-hybridized carbons (Fsp3) is 0.900. The SMILES string of the molecule is Cl.O=C(N[C@@H]1CCCNC1)[C@H]1CCNC1. The van der Waals surface area contributed by atoms with Crippen LogP contribution in [-0.2, 0) is 4.79 Å². The maximum atomic E-state index is 11.7. The normalized spacial score (nSPS) is 30.7. The van der Waals surface area contributed by atoms with Gasteiger partial charge >= 0.3 is 0 Å². The van der Waals surface area contributed by atoms with Gasteiger partial charge in [-0.25, -0.2) is 0 Å². The van der Waals surface area contributed by atoms with Gasteiger partial charge in [-0.1, -0.05) is 0 Å². The molecule has 2 heterocycles. The van der Waals surface area contributed by atoms with E-state index < -0.39 is 0 Å². The van der Waals surface area contributed by atoms with Crippen LogP contribution in [0, 0.1) is 5.92 Å². The number of rotatable bonds is 2. The zero-order chi connectivity index (χ0) is 9.80. The molecule has 15 heavy (non-hydrogen) atoms. The van der Waals surface area contributed by atoms with Crippen LogP contribution in [-0.4, -0.2) is 38.1 Å². The average Bonchev–Trinajstić information content (AvgIpc) is 2.72. The van der Waals surface area contributed by atoms with Gasteiger partial charge in [-0.3, -0.25) is 4.79 Å². The highest BCUT2D eigenvalue weighted by Crippen LogP contribution is 2.09. The minimum Gasteiger partial charge on any atom is -0.352 e. The third kappa shape index (κ3) is 3.63. The van der Waals surface area contributed by atoms with Gasteiger partial charge in [-0.15, -0.1) is 12.4 Å². The van der Waals surface area contributed by atoms with Crippen molar-refractivity contribution in [2.24, 2.45) is 5.92 Å². The van der Waals surface area contributed by atoms with Crippen LogP contribution in [0.4, 0.5) is 0 Å². The van der Waals surface area contributed by atoms with Crippen LogP contribution < -0.4 is 16.0 Å². The van der Waals surface area contributed by atoms with Crippen LogP contribution in [0.2, 0.25) is 0 Å². The minimum absolute atomic E-state index is 0. The highest BCUT2D eigenvalue weighted by molar-refractivity contribution is 5.85. The van der Waals surface area contributed by atoms with Gasteiger partial charge in [0.1, 0.15) is 0 Å². The van der Waals surface area contributed by atoms with Gasteiger partial charge < -0.3 is 16.0 Å². The van der Waals surface area contributed by atoms with Crippen molar-refractivity contribution in [3.8, 4) is 0 Å². The first kappa shape index (κ1) is 12.7. The van der Waals surface area contributed by atoms with Gasteiger partial charge in [0.15, 0.2) is 0 Å². The largest absolute Gasteiger partial charge is 0.352 e. The molecule has 0 unspecified atom stereocenters. The molecule has 2 aliphatic heterocycles. The molecule has 0 aliphatic carbocycles. The average molecular weight is 234 g/mol. The van der Waals surface area contributed by atoms with E-state index in [9.17, 15) is 4.79 Å². The van der Waals surface area contributed by atoms with E-state index in [1.165, 1.54) is 6.42 Å². The van der Waals surface area contributed by atoms with Crippen molar-refractivity contribution < 1.29 is 4.79 Å².